The molecule has 1 heterocycles. The Balaban J connectivity index is 1.70. The van der Waals surface area contributed by atoms with E-state index in [9.17, 15) is 18.0 Å². The number of ketones is 1. The summed E-state index contributed by atoms with van der Waals surface area (Å²) in [5, 5.41) is 0. The van der Waals surface area contributed by atoms with Crippen molar-refractivity contribution in [3.05, 3.63) is 60.0 Å². The maximum absolute atomic E-state index is 12.6. The van der Waals surface area contributed by atoms with Gasteiger partial charge in [0.05, 0.1) is 25.0 Å². The number of ether oxygens (including phenoxy) is 3. The van der Waals surface area contributed by atoms with E-state index in [2.05, 4.69) is 4.98 Å². The van der Waals surface area contributed by atoms with Gasteiger partial charge in [0.2, 0.25) is 5.89 Å². The Morgan fingerprint density at radius 3 is 2.56 bits per heavy atom. The van der Waals surface area contributed by atoms with Gasteiger partial charge in [-0.25, -0.2) is 4.98 Å². The van der Waals surface area contributed by atoms with Crippen molar-refractivity contribution in [1.29, 1.82) is 0 Å². The largest absolute Gasteiger partial charge is 0.493 e. The van der Waals surface area contributed by atoms with Crippen LogP contribution in [0.2, 0.25) is 0 Å². The molecule has 0 aliphatic rings. The molecular formula is C23H22F3NO5. The fraction of sp³-hybridized carbons (Fsp3) is 0.304. The standard InChI is InChI=1S/C23H22F3NO5/c1-3-30-19-7-5-4-6-17(19)18(28)10-9-16-13-31-22(27-16)15-8-11-20(29-2)21(12-15)32-14-23(24,25)26/h4-8,11-13H,3,9-10,14H2,1-2H3. The highest BCUT2D eigenvalue weighted by atomic mass is 19.4. The van der Waals surface area contributed by atoms with E-state index in [0.29, 0.717) is 35.6 Å². The second-order valence-electron chi connectivity index (χ2n) is 6.77. The number of carbonyl (C=O) groups excluding carboxylic acids is 1. The summed E-state index contributed by atoms with van der Waals surface area (Å²) in [4.78, 5) is 16.9. The molecule has 0 unspecified atom stereocenters. The highest BCUT2D eigenvalue weighted by Gasteiger charge is 2.29. The third kappa shape index (κ3) is 6.03. The number of aryl methyl sites for hydroxylation is 1. The minimum atomic E-state index is -4.48. The van der Waals surface area contributed by atoms with Crippen molar-refractivity contribution in [2.45, 2.75) is 25.9 Å². The molecule has 2 aromatic carbocycles. The van der Waals surface area contributed by atoms with Gasteiger partial charge in [0.1, 0.15) is 12.0 Å². The van der Waals surface area contributed by atoms with Crippen LogP contribution < -0.4 is 14.2 Å². The lowest BCUT2D eigenvalue weighted by atomic mass is 10.0. The van der Waals surface area contributed by atoms with Crippen molar-refractivity contribution < 1.29 is 36.6 Å². The lowest BCUT2D eigenvalue weighted by molar-refractivity contribution is -0.153. The van der Waals surface area contributed by atoms with E-state index >= 15 is 0 Å². The van der Waals surface area contributed by atoms with Gasteiger partial charge in [-0.15, -0.1) is 0 Å². The first kappa shape index (κ1) is 23.2. The van der Waals surface area contributed by atoms with Crippen LogP contribution in [0.25, 0.3) is 11.5 Å². The number of methoxy groups -OCH3 is 1. The van der Waals surface area contributed by atoms with Gasteiger partial charge in [-0.2, -0.15) is 13.2 Å². The second-order valence-corrected chi connectivity index (χ2v) is 6.77. The van der Waals surface area contributed by atoms with Gasteiger partial charge in [-0.05, 0) is 37.3 Å². The number of aromatic nitrogens is 1. The van der Waals surface area contributed by atoms with Crippen LogP contribution in [0, 0.1) is 0 Å². The molecule has 0 aliphatic heterocycles. The number of halogens is 3. The number of carbonyl (C=O) groups is 1. The zero-order chi connectivity index (χ0) is 23.1. The number of para-hydroxylation sites is 1. The lowest BCUT2D eigenvalue weighted by Crippen LogP contribution is -2.19. The molecule has 0 amide bonds. The number of benzene rings is 2. The zero-order valence-electron chi connectivity index (χ0n) is 17.6. The maximum Gasteiger partial charge on any atom is 0.422 e. The summed E-state index contributed by atoms with van der Waals surface area (Å²) in [6.45, 7) is 0.847. The molecule has 3 rings (SSSR count). The van der Waals surface area contributed by atoms with Gasteiger partial charge in [0, 0.05) is 18.4 Å². The fourth-order valence-corrected chi connectivity index (χ4v) is 2.99. The second kappa shape index (κ2) is 10.2. The SMILES string of the molecule is CCOc1ccccc1C(=O)CCc1coc(-c2ccc(OC)c(OCC(F)(F)F)c2)n1. The molecule has 0 bridgehead atoms. The van der Waals surface area contributed by atoms with Gasteiger partial charge >= 0.3 is 6.18 Å². The Labute approximate surface area is 182 Å². The molecule has 1 aromatic heterocycles. The fourth-order valence-electron chi connectivity index (χ4n) is 2.99. The number of nitrogens with zero attached hydrogens (tertiary/aromatic N) is 1. The smallest absolute Gasteiger partial charge is 0.422 e. The number of oxazole rings is 1. The molecule has 3 aromatic rings. The summed E-state index contributed by atoms with van der Waals surface area (Å²) in [7, 11) is 1.33. The van der Waals surface area contributed by atoms with Crippen molar-refractivity contribution >= 4 is 5.78 Å². The minimum absolute atomic E-state index is 0.0789. The van der Waals surface area contributed by atoms with Crippen molar-refractivity contribution in [2.24, 2.45) is 0 Å². The van der Waals surface area contributed by atoms with Crippen LogP contribution in [-0.2, 0) is 6.42 Å². The minimum Gasteiger partial charge on any atom is -0.493 e. The van der Waals surface area contributed by atoms with Crippen LogP contribution in [0.4, 0.5) is 13.2 Å². The average Bonchev–Trinajstić information content (AvgIpc) is 3.25. The Bertz CT molecular complexity index is 1060. The van der Waals surface area contributed by atoms with Gasteiger partial charge in [-0.1, -0.05) is 12.1 Å². The van der Waals surface area contributed by atoms with E-state index in [4.69, 9.17) is 18.6 Å². The molecule has 0 saturated carbocycles. The summed E-state index contributed by atoms with van der Waals surface area (Å²) in [5.74, 6) is 0.714. The van der Waals surface area contributed by atoms with Gasteiger partial charge in [0.15, 0.2) is 23.9 Å². The Morgan fingerprint density at radius 1 is 1.06 bits per heavy atom. The van der Waals surface area contributed by atoms with E-state index in [1.165, 1.54) is 25.5 Å². The van der Waals surface area contributed by atoms with Gasteiger partial charge < -0.3 is 18.6 Å². The summed E-state index contributed by atoms with van der Waals surface area (Å²) < 4.78 is 58.4. The highest BCUT2D eigenvalue weighted by Crippen LogP contribution is 2.33. The molecule has 0 aliphatic carbocycles. The Kier molecular flexibility index (Phi) is 7.40. The molecule has 0 spiro atoms. The number of Topliss-reactive ketones (excluding diaryl/α,β-unsaturated/α-hetero) is 1. The quantitative estimate of drug-likeness (QED) is 0.381. The summed E-state index contributed by atoms with van der Waals surface area (Å²) >= 11 is 0. The summed E-state index contributed by atoms with van der Waals surface area (Å²) in [6, 6.07) is 11.5. The number of hydrogen-bond donors (Lipinski definition) is 0. The monoisotopic (exact) mass is 449 g/mol. The molecule has 0 radical (unpaired) electrons. The predicted molar refractivity (Wildman–Crippen MR) is 110 cm³/mol. The Morgan fingerprint density at radius 2 is 1.84 bits per heavy atom. The van der Waals surface area contributed by atoms with E-state index in [0.717, 1.165) is 0 Å². The van der Waals surface area contributed by atoms with Gasteiger partial charge in [0.25, 0.3) is 0 Å². The maximum atomic E-state index is 12.6. The van der Waals surface area contributed by atoms with Crippen LogP contribution >= 0.6 is 0 Å². The van der Waals surface area contributed by atoms with Crippen LogP contribution in [0.15, 0.2) is 53.1 Å². The first-order chi connectivity index (χ1) is 15.3. The van der Waals surface area contributed by atoms with Crippen LogP contribution in [0.5, 0.6) is 17.2 Å². The summed E-state index contributed by atoms with van der Waals surface area (Å²) in [5.41, 5.74) is 1.46. The number of hydrogen-bond acceptors (Lipinski definition) is 6. The number of alkyl halides is 3. The number of rotatable bonds is 10. The first-order valence-electron chi connectivity index (χ1n) is 9.88. The average molecular weight is 449 g/mol. The van der Waals surface area contributed by atoms with Crippen LogP contribution in [0.3, 0.4) is 0 Å². The molecule has 0 atom stereocenters. The lowest BCUT2D eigenvalue weighted by Gasteiger charge is -2.13. The zero-order valence-corrected chi connectivity index (χ0v) is 17.6. The normalized spacial score (nSPS) is 11.3. The predicted octanol–water partition coefficient (Wildman–Crippen LogP) is 5.51. The van der Waals surface area contributed by atoms with Crippen molar-refractivity contribution in [3.63, 3.8) is 0 Å². The van der Waals surface area contributed by atoms with Crippen molar-refractivity contribution in [3.8, 4) is 28.7 Å². The molecule has 0 saturated heterocycles. The van der Waals surface area contributed by atoms with E-state index in [-0.39, 0.29) is 29.6 Å². The summed E-state index contributed by atoms with van der Waals surface area (Å²) in [6.07, 6.45) is -2.54. The van der Waals surface area contributed by atoms with Gasteiger partial charge in [-0.3, -0.25) is 4.79 Å². The van der Waals surface area contributed by atoms with Crippen LogP contribution in [-0.4, -0.2) is 37.3 Å². The molecule has 0 fully saturated rings. The molecule has 32 heavy (non-hydrogen) atoms. The molecule has 9 heteroatoms. The molecule has 6 nitrogen and oxygen atoms in total. The third-order valence-corrected chi connectivity index (χ3v) is 4.45. The van der Waals surface area contributed by atoms with Crippen LogP contribution in [0.1, 0.15) is 29.4 Å². The Hall–Kier alpha value is -3.49. The molecule has 0 N–H and O–H groups in total. The van der Waals surface area contributed by atoms with Crippen molar-refractivity contribution in [2.75, 3.05) is 20.3 Å². The van der Waals surface area contributed by atoms with E-state index in [1.807, 2.05) is 6.92 Å². The van der Waals surface area contributed by atoms with E-state index in [1.54, 1.807) is 30.3 Å². The molecular weight excluding hydrogens is 427 g/mol. The topological polar surface area (TPSA) is 70.8 Å². The highest BCUT2D eigenvalue weighted by molar-refractivity contribution is 5.98. The van der Waals surface area contributed by atoms with Crippen molar-refractivity contribution in [1.82, 2.24) is 4.98 Å². The molecule has 170 valence electrons. The van der Waals surface area contributed by atoms with E-state index < -0.39 is 12.8 Å². The third-order valence-electron chi connectivity index (χ3n) is 4.45. The first-order valence-corrected chi connectivity index (χ1v) is 9.88.